The van der Waals surface area contributed by atoms with Crippen LogP contribution in [0.3, 0.4) is 0 Å². The lowest BCUT2D eigenvalue weighted by atomic mass is 10.2. The molecule has 0 aliphatic rings. The number of hydrazone groups is 1. The molecule has 0 fully saturated rings. The van der Waals surface area contributed by atoms with E-state index in [9.17, 15) is 12.8 Å². The molecule has 8 heteroatoms. The topological polar surface area (TPSA) is 67.8 Å². The van der Waals surface area contributed by atoms with E-state index in [-0.39, 0.29) is 21.2 Å². The maximum absolute atomic E-state index is 13.6. The van der Waals surface area contributed by atoms with Gasteiger partial charge in [-0.1, -0.05) is 23.7 Å². The highest BCUT2D eigenvalue weighted by molar-refractivity contribution is 7.89. The number of benzene rings is 2. The normalized spacial score (nSPS) is 11.7. The SMILES string of the molecule is COc1ccc(C)cc1S(=O)(=O)N/N=C/c1c(F)cccc1Cl. The first-order chi connectivity index (χ1) is 10.8. The Morgan fingerprint density at radius 3 is 2.70 bits per heavy atom. The molecule has 0 aromatic heterocycles. The van der Waals surface area contributed by atoms with Gasteiger partial charge in [0.25, 0.3) is 10.0 Å². The van der Waals surface area contributed by atoms with Gasteiger partial charge in [-0.3, -0.25) is 0 Å². The number of halogens is 2. The van der Waals surface area contributed by atoms with Crippen LogP contribution in [0.15, 0.2) is 46.4 Å². The summed E-state index contributed by atoms with van der Waals surface area (Å²) in [6.45, 7) is 1.75. The molecule has 0 radical (unpaired) electrons. The van der Waals surface area contributed by atoms with Crippen LogP contribution < -0.4 is 9.57 Å². The summed E-state index contributed by atoms with van der Waals surface area (Å²) in [7, 11) is -2.59. The van der Waals surface area contributed by atoms with Gasteiger partial charge < -0.3 is 4.74 Å². The van der Waals surface area contributed by atoms with Crippen molar-refractivity contribution < 1.29 is 17.5 Å². The summed E-state index contributed by atoms with van der Waals surface area (Å²) in [6, 6.07) is 8.83. The minimum Gasteiger partial charge on any atom is -0.495 e. The predicted molar refractivity (Wildman–Crippen MR) is 87.1 cm³/mol. The molecule has 0 aliphatic carbocycles. The minimum absolute atomic E-state index is 0.00641. The third-order valence-corrected chi connectivity index (χ3v) is 4.55. The molecule has 0 atom stereocenters. The summed E-state index contributed by atoms with van der Waals surface area (Å²) in [6.07, 6.45) is 1.01. The number of hydrogen-bond acceptors (Lipinski definition) is 4. The third-order valence-electron chi connectivity index (χ3n) is 2.97. The first-order valence-corrected chi connectivity index (χ1v) is 8.35. The smallest absolute Gasteiger partial charge is 0.280 e. The van der Waals surface area contributed by atoms with Gasteiger partial charge in [-0.2, -0.15) is 18.4 Å². The number of rotatable bonds is 5. The number of hydrogen-bond donors (Lipinski definition) is 1. The van der Waals surface area contributed by atoms with E-state index in [1.807, 2.05) is 4.83 Å². The van der Waals surface area contributed by atoms with Gasteiger partial charge in [0.05, 0.1) is 18.3 Å². The number of ether oxygens (including phenoxy) is 1. The maximum atomic E-state index is 13.6. The molecule has 2 rings (SSSR count). The van der Waals surface area contributed by atoms with E-state index in [1.54, 1.807) is 19.1 Å². The van der Waals surface area contributed by atoms with Crippen LogP contribution in [0.25, 0.3) is 0 Å². The number of methoxy groups -OCH3 is 1. The molecule has 0 bridgehead atoms. The van der Waals surface area contributed by atoms with Gasteiger partial charge in [-0.15, -0.1) is 0 Å². The summed E-state index contributed by atoms with van der Waals surface area (Å²) < 4.78 is 43.2. The second kappa shape index (κ2) is 6.97. The molecule has 2 aromatic carbocycles. The number of nitrogens with one attached hydrogen (secondary N) is 1. The van der Waals surface area contributed by atoms with Crippen LogP contribution in [0.1, 0.15) is 11.1 Å². The van der Waals surface area contributed by atoms with Gasteiger partial charge in [0, 0.05) is 5.56 Å². The fourth-order valence-electron chi connectivity index (χ4n) is 1.84. The highest BCUT2D eigenvalue weighted by atomic mass is 35.5. The van der Waals surface area contributed by atoms with E-state index in [1.165, 1.54) is 31.4 Å². The first kappa shape index (κ1) is 17.2. The van der Waals surface area contributed by atoms with Crippen LogP contribution in [0.5, 0.6) is 5.75 Å². The zero-order valence-electron chi connectivity index (χ0n) is 12.4. The van der Waals surface area contributed by atoms with Crippen LogP contribution in [0.4, 0.5) is 4.39 Å². The quantitative estimate of drug-likeness (QED) is 0.661. The van der Waals surface area contributed by atoms with E-state index in [0.29, 0.717) is 0 Å². The van der Waals surface area contributed by atoms with Crippen molar-refractivity contribution in [2.75, 3.05) is 7.11 Å². The molecule has 1 N–H and O–H groups in total. The molecule has 0 saturated carbocycles. The van der Waals surface area contributed by atoms with Crippen molar-refractivity contribution >= 4 is 27.8 Å². The minimum atomic E-state index is -3.96. The Morgan fingerprint density at radius 2 is 2.04 bits per heavy atom. The van der Waals surface area contributed by atoms with Crippen molar-refractivity contribution in [3.63, 3.8) is 0 Å². The van der Waals surface area contributed by atoms with Gasteiger partial charge >= 0.3 is 0 Å². The summed E-state index contributed by atoms with van der Waals surface area (Å²) in [5.74, 6) is -0.421. The average molecular weight is 357 g/mol. The summed E-state index contributed by atoms with van der Waals surface area (Å²) >= 11 is 5.84. The Balaban J connectivity index is 2.29. The summed E-state index contributed by atoms with van der Waals surface area (Å²) in [4.78, 5) is 1.96. The van der Waals surface area contributed by atoms with Crippen molar-refractivity contribution in [1.82, 2.24) is 4.83 Å². The summed E-state index contributed by atoms with van der Waals surface area (Å²) in [5.41, 5.74) is 0.736. The van der Waals surface area contributed by atoms with Crippen LogP contribution in [0.2, 0.25) is 5.02 Å². The van der Waals surface area contributed by atoms with Crippen molar-refractivity contribution in [2.45, 2.75) is 11.8 Å². The van der Waals surface area contributed by atoms with Gasteiger partial charge in [0.15, 0.2) is 0 Å². The van der Waals surface area contributed by atoms with E-state index in [4.69, 9.17) is 16.3 Å². The molecule has 122 valence electrons. The van der Waals surface area contributed by atoms with E-state index in [0.717, 1.165) is 11.8 Å². The fourth-order valence-corrected chi connectivity index (χ4v) is 3.10. The second-order valence-electron chi connectivity index (χ2n) is 4.64. The molecular weight excluding hydrogens is 343 g/mol. The molecule has 2 aromatic rings. The zero-order chi connectivity index (χ0) is 17.0. The molecule has 5 nitrogen and oxygen atoms in total. The van der Waals surface area contributed by atoms with Crippen molar-refractivity contribution in [2.24, 2.45) is 5.10 Å². The Hall–Kier alpha value is -2.12. The molecule has 0 heterocycles. The van der Waals surface area contributed by atoms with Gasteiger partial charge in [-0.25, -0.2) is 4.39 Å². The Morgan fingerprint density at radius 1 is 1.30 bits per heavy atom. The molecular formula is C15H14ClFN2O3S. The fraction of sp³-hybridized carbons (Fsp3) is 0.133. The Bertz CT molecular complexity index is 834. The monoisotopic (exact) mass is 356 g/mol. The summed E-state index contributed by atoms with van der Waals surface area (Å²) in [5, 5.41) is 3.70. The highest BCUT2D eigenvalue weighted by Crippen LogP contribution is 2.24. The number of aryl methyl sites for hydroxylation is 1. The Labute approximate surface area is 138 Å². The second-order valence-corrected chi connectivity index (χ2v) is 6.68. The van der Waals surface area contributed by atoms with Crippen LogP contribution in [-0.2, 0) is 10.0 Å². The molecule has 0 saturated heterocycles. The standard InChI is InChI=1S/C15H14ClFN2O3S/c1-10-6-7-14(22-2)15(8-10)23(20,21)19-18-9-11-12(16)4-3-5-13(11)17/h3-9,19H,1-2H3/b18-9+. The van der Waals surface area contributed by atoms with Crippen LogP contribution >= 0.6 is 11.6 Å². The van der Waals surface area contributed by atoms with E-state index in [2.05, 4.69) is 5.10 Å². The van der Waals surface area contributed by atoms with Gasteiger partial charge in [0.1, 0.15) is 16.5 Å². The molecule has 0 spiro atoms. The van der Waals surface area contributed by atoms with Gasteiger partial charge in [0.2, 0.25) is 0 Å². The maximum Gasteiger partial charge on any atom is 0.280 e. The van der Waals surface area contributed by atoms with Crippen molar-refractivity contribution in [3.05, 3.63) is 58.4 Å². The largest absolute Gasteiger partial charge is 0.495 e. The third kappa shape index (κ3) is 4.00. The first-order valence-electron chi connectivity index (χ1n) is 6.48. The lowest BCUT2D eigenvalue weighted by Gasteiger charge is -2.09. The molecule has 0 amide bonds. The zero-order valence-corrected chi connectivity index (χ0v) is 14.0. The lowest BCUT2D eigenvalue weighted by molar-refractivity contribution is 0.402. The van der Waals surface area contributed by atoms with E-state index < -0.39 is 15.8 Å². The van der Waals surface area contributed by atoms with Crippen LogP contribution in [-0.4, -0.2) is 21.7 Å². The molecule has 0 unspecified atom stereocenters. The van der Waals surface area contributed by atoms with Crippen molar-refractivity contribution in [3.8, 4) is 5.75 Å². The van der Waals surface area contributed by atoms with Crippen LogP contribution in [0, 0.1) is 12.7 Å². The number of nitrogens with zero attached hydrogens (tertiary/aromatic N) is 1. The number of sulfonamides is 1. The van der Waals surface area contributed by atoms with E-state index >= 15 is 0 Å². The molecule has 0 aliphatic heterocycles. The van der Waals surface area contributed by atoms with Gasteiger partial charge in [-0.05, 0) is 36.8 Å². The van der Waals surface area contributed by atoms with Crippen molar-refractivity contribution in [1.29, 1.82) is 0 Å². The Kier molecular flexibility index (Phi) is 5.23. The average Bonchev–Trinajstić information content (AvgIpc) is 2.50. The predicted octanol–water partition coefficient (Wildman–Crippen LogP) is 3.11. The highest BCUT2D eigenvalue weighted by Gasteiger charge is 2.19. The lowest BCUT2D eigenvalue weighted by Crippen LogP contribution is -2.19. The molecule has 23 heavy (non-hydrogen) atoms.